The van der Waals surface area contributed by atoms with Crippen LogP contribution >= 0.6 is 0 Å². The minimum Gasteiger partial charge on any atom is -0.416 e. The van der Waals surface area contributed by atoms with Crippen molar-refractivity contribution in [1.29, 1.82) is 0 Å². The number of benzene rings is 1. The topological polar surface area (TPSA) is 35.2 Å². The van der Waals surface area contributed by atoms with E-state index >= 15 is 0 Å². The molecule has 2 nitrogen and oxygen atoms in total. The Morgan fingerprint density at radius 3 is 2.53 bits per heavy atom. The van der Waals surface area contributed by atoms with Gasteiger partial charge in [0.25, 0.3) is 0 Å². The van der Waals surface area contributed by atoms with Crippen molar-refractivity contribution in [2.24, 2.45) is 5.73 Å². The van der Waals surface area contributed by atoms with E-state index < -0.39 is 8.32 Å². The molecular formula is C16H27NOSi. The quantitative estimate of drug-likeness (QED) is 0.856. The highest BCUT2D eigenvalue weighted by Crippen LogP contribution is 2.39. The first kappa shape index (κ1) is 14.8. The molecule has 3 heteroatoms. The highest BCUT2D eigenvalue weighted by molar-refractivity contribution is 6.74. The molecule has 2 rings (SSSR count). The Bertz CT molecular complexity index is 450. The molecule has 19 heavy (non-hydrogen) atoms. The van der Waals surface area contributed by atoms with Gasteiger partial charge in [-0.15, -0.1) is 0 Å². The lowest BCUT2D eigenvalue weighted by Gasteiger charge is -2.37. The van der Waals surface area contributed by atoms with Gasteiger partial charge in [-0.25, -0.2) is 0 Å². The van der Waals surface area contributed by atoms with Crippen LogP contribution in [0.2, 0.25) is 18.1 Å². The lowest BCUT2D eigenvalue weighted by atomic mass is 10.0. The van der Waals surface area contributed by atoms with Crippen LogP contribution in [0, 0.1) is 0 Å². The first-order valence-corrected chi connectivity index (χ1v) is 10.1. The zero-order valence-corrected chi connectivity index (χ0v) is 13.9. The van der Waals surface area contributed by atoms with E-state index in [0.717, 1.165) is 13.0 Å². The van der Waals surface area contributed by atoms with E-state index in [0.29, 0.717) is 5.92 Å². The maximum atomic E-state index is 6.36. The summed E-state index contributed by atoms with van der Waals surface area (Å²) in [6.07, 6.45) is 0.988. The summed E-state index contributed by atoms with van der Waals surface area (Å²) in [4.78, 5) is 0. The van der Waals surface area contributed by atoms with Gasteiger partial charge in [-0.1, -0.05) is 45.0 Å². The van der Waals surface area contributed by atoms with Crippen molar-refractivity contribution in [3.8, 4) is 0 Å². The monoisotopic (exact) mass is 277 g/mol. The van der Waals surface area contributed by atoms with Gasteiger partial charge in [0.1, 0.15) is 0 Å². The van der Waals surface area contributed by atoms with E-state index in [4.69, 9.17) is 10.2 Å². The third kappa shape index (κ3) is 2.93. The lowest BCUT2D eigenvalue weighted by Crippen LogP contribution is -2.43. The van der Waals surface area contributed by atoms with Crippen LogP contribution in [0.25, 0.3) is 0 Å². The first-order valence-electron chi connectivity index (χ1n) is 7.20. The second-order valence-corrected chi connectivity index (χ2v) is 12.1. The fourth-order valence-electron chi connectivity index (χ4n) is 2.44. The van der Waals surface area contributed by atoms with Gasteiger partial charge in [0.15, 0.2) is 8.32 Å². The molecule has 106 valence electrons. The SMILES string of the molecule is CC(C)(C)[Si](C)(C)OCC1c2ccccc2CC1N. The number of nitrogens with two attached hydrogens (primary N) is 1. The van der Waals surface area contributed by atoms with Crippen LogP contribution in [0.1, 0.15) is 37.8 Å². The molecule has 0 fully saturated rings. The molecule has 0 heterocycles. The summed E-state index contributed by atoms with van der Waals surface area (Å²) in [5.74, 6) is 0.366. The predicted octanol–water partition coefficient (Wildman–Crippen LogP) is 3.68. The van der Waals surface area contributed by atoms with Crippen LogP contribution in [-0.2, 0) is 10.8 Å². The molecular weight excluding hydrogens is 250 g/mol. The van der Waals surface area contributed by atoms with Crippen molar-refractivity contribution >= 4 is 8.32 Å². The molecule has 2 N–H and O–H groups in total. The second kappa shape index (κ2) is 5.04. The van der Waals surface area contributed by atoms with Crippen molar-refractivity contribution in [2.45, 2.75) is 57.3 Å². The molecule has 0 spiro atoms. The zero-order valence-electron chi connectivity index (χ0n) is 12.9. The van der Waals surface area contributed by atoms with E-state index in [-0.39, 0.29) is 11.1 Å². The van der Waals surface area contributed by atoms with Crippen LogP contribution in [0.15, 0.2) is 24.3 Å². The van der Waals surface area contributed by atoms with Crippen molar-refractivity contribution in [3.63, 3.8) is 0 Å². The third-order valence-corrected chi connectivity index (χ3v) is 9.36. The summed E-state index contributed by atoms with van der Waals surface area (Å²) in [5, 5.41) is 0.259. The van der Waals surface area contributed by atoms with E-state index in [1.165, 1.54) is 11.1 Å². The summed E-state index contributed by atoms with van der Waals surface area (Å²) in [6.45, 7) is 12.2. The Hall–Kier alpha value is -0.643. The molecule has 1 aromatic carbocycles. The molecule has 1 aliphatic rings. The molecule has 0 aromatic heterocycles. The van der Waals surface area contributed by atoms with E-state index in [2.05, 4.69) is 58.1 Å². The Morgan fingerprint density at radius 1 is 1.26 bits per heavy atom. The van der Waals surface area contributed by atoms with Crippen LogP contribution in [0.5, 0.6) is 0 Å². The van der Waals surface area contributed by atoms with E-state index in [1.54, 1.807) is 0 Å². The summed E-state index contributed by atoms with van der Waals surface area (Å²) in [7, 11) is -1.68. The van der Waals surface area contributed by atoms with Crippen LogP contribution in [0.4, 0.5) is 0 Å². The molecule has 1 aromatic rings. The molecule has 0 aliphatic heterocycles. The highest BCUT2D eigenvalue weighted by Gasteiger charge is 2.39. The predicted molar refractivity (Wildman–Crippen MR) is 84.0 cm³/mol. The highest BCUT2D eigenvalue weighted by atomic mass is 28.4. The Balaban J connectivity index is 2.09. The van der Waals surface area contributed by atoms with Crippen molar-refractivity contribution < 1.29 is 4.43 Å². The van der Waals surface area contributed by atoms with Crippen molar-refractivity contribution in [3.05, 3.63) is 35.4 Å². The Labute approximate surface area is 118 Å². The molecule has 0 saturated heterocycles. The van der Waals surface area contributed by atoms with Gasteiger partial charge in [0.05, 0.1) is 0 Å². The van der Waals surface area contributed by atoms with Gasteiger partial charge >= 0.3 is 0 Å². The van der Waals surface area contributed by atoms with Crippen LogP contribution in [-0.4, -0.2) is 21.0 Å². The maximum absolute atomic E-state index is 6.36. The molecule has 2 atom stereocenters. The zero-order chi connectivity index (χ0) is 14.3. The summed E-state index contributed by atoms with van der Waals surface area (Å²) >= 11 is 0. The molecule has 0 bridgehead atoms. The standard InChI is InChI=1S/C16H27NOSi/c1-16(2,3)19(4,5)18-11-14-13-9-7-6-8-12(13)10-15(14)17/h6-9,14-15H,10-11,17H2,1-5H3. The Kier molecular flexibility index (Phi) is 3.91. The van der Waals surface area contributed by atoms with Gasteiger partial charge < -0.3 is 10.2 Å². The van der Waals surface area contributed by atoms with Crippen LogP contribution < -0.4 is 5.73 Å². The van der Waals surface area contributed by atoms with Gasteiger partial charge in [0.2, 0.25) is 0 Å². The molecule has 1 aliphatic carbocycles. The molecule has 0 saturated carbocycles. The third-order valence-electron chi connectivity index (χ3n) is 4.86. The smallest absolute Gasteiger partial charge is 0.192 e. The van der Waals surface area contributed by atoms with Crippen molar-refractivity contribution in [2.75, 3.05) is 6.61 Å². The summed E-state index contributed by atoms with van der Waals surface area (Å²) in [6, 6.07) is 8.82. The summed E-state index contributed by atoms with van der Waals surface area (Å²) < 4.78 is 6.36. The fraction of sp³-hybridized carbons (Fsp3) is 0.625. The van der Waals surface area contributed by atoms with Crippen molar-refractivity contribution in [1.82, 2.24) is 0 Å². The minimum absolute atomic E-state index is 0.210. The lowest BCUT2D eigenvalue weighted by molar-refractivity contribution is 0.253. The number of rotatable bonds is 3. The molecule has 2 unspecified atom stereocenters. The fourth-order valence-corrected chi connectivity index (χ4v) is 3.47. The second-order valence-electron chi connectivity index (χ2n) is 7.24. The summed E-state index contributed by atoms with van der Waals surface area (Å²) in [5.41, 5.74) is 9.10. The minimum atomic E-state index is -1.68. The largest absolute Gasteiger partial charge is 0.416 e. The number of hydrogen-bond acceptors (Lipinski definition) is 2. The number of fused-ring (bicyclic) bond motifs is 1. The molecule has 0 amide bonds. The normalized spacial score (nSPS) is 23.5. The van der Waals surface area contributed by atoms with Gasteiger partial charge in [-0.3, -0.25) is 0 Å². The number of hydrogen-bond donors (Lipinski definition) is 1. The van der Waals surface area contributed by atoms with E-state index in [1.807, 2.05) is 0 Å². The van der Waals surface area contributed by atoms with Gasteiger partial charge in [0, 0.05) is 18.6 Å². The average Bonchev–Trinajstić information content (AvgIpc) is 2.60. The van der Waals surface area contributed by atoms with Gasteiger partial charge in [-0.05, 0) is 35.7 Å². The average molecular weight is 277 g/mol. The Morgan fingerprint density at radius 2 is 1.89 bits per heavy atom. The van der Waals surface area contributed by atoms with Crippen LogP contribution in [0.3, 0.4) is 0 Å². The first-order chi connectivity index (χ1) is 8.72. The maximum Gasteiger partial charge on any atom is 0.192 e. The van der Waals surface area contributed by atoms with E-state index in [9.17, 15) is 0 Å². The molecule has 0 radical (unpaired) electrons. The van der Waals surface area contributed by atoms with Gasteiger partial charge in [-0.2, -0.15) is 0 Å².